The lowest BCUT2D eigenvalue weighted by Crippen LogP contribution is -2.41. The molecule has 19 heavy (non-hydrogen) atoms. The van der Waals surface area contributed by atoms with Gasteiger partial charge >= 0.3 is 0 Å². The van der Waals surface area contributed by atoms with Crippen molar-refractivity contribution in [3.63, 3.8) is 0 Å². The predicted molar refractivity (Wildman–Crippen MR) is 98.9 cm³/mol. The number of aliphatic imine (C=N–C) groups is 1. The number of hydrogen-bond acceptors (Lipinski definition) is 2. The van der Waals surface area contributed by atoms with Gasteiger partial charge in [-0.2, -0.15) is 11.8 Å². The van der Waals surface area contributed by atoms with Crippen molar-refractivity contribution in [2.45, 2.75) is 51.7 Å². The van der Waals surface area contributed by atoms with Gasteiger partial charge in [-0.3, -0.25) is 4.99 Å². The zero-order valence-electron chi connectivity index (χ0n) is 12.8. The summed E-state index contributed by atoms with van der Waals surface area (Å²) in [5.41, 5.74) is 0.507. The molecular formula is C14H30IN3S. The lowest BCUT2D eigenvalue weighted by molar-refractivity contribution is 0.139. The highest BCUT2D eigenvalue weighted by atomic mass is 127. The molecular weight excluding hydrogens is 369 g/mol. The molecule has 5 heteroatoms. The first kappa shape index (κ1) is 19.4. The monoisotopic (exact) mass is 399 g/mol. The highest BCUT2D eigenvalue weighted by Crippen LogP contribution is 2.43. The molecule has 1 atom stereocenters. The van der Waals surface area contributed by atoms with Crippen molar-refractivity contribution in [1.82, 2.24) is 10.6 Å². The van der Waals surface area contributed by atoms with Crippen LogP contribution in [-0.2, 0) is 0 Å². The molecule has 114 valence electrons. The Labute approximate surface area is 140 Å². The van der Waals surface area contributed by atoms with Gasteiger partial charge in [0.25, 0.3) is 0 Å². The number of thioether (sulfide) groups is 1. The minimum Gasteiger partial charge on any atom is -0.357 e. The quantitative estimate of drug-likeness (QED) is 0.391. The molecule has 3 nitrogen and oxygen atoms in total. The molecule has 1 fully saturated rings. The van der Waals surface area contributed by atoms with Gasteiger partial charge in [-0.15, -0.1) is 24.0 Å². The molecule has 0 aliphatic heterocycles. The summed E-state index contributed by atoms with van der Waals surface area (Å²) >= 11 is 1.88. The van der Waals surface area contributed by atoms with Gasteiger partial charge in [0.05, 0.1) is 0 Å². The fourth-order valence-electron chi connectivity index (χ4n) is 2.21. The third kappa shape index (κ3) is 6.56. The molecule has 0 radical (unpaired) electrons. The Bertz CT molecular complexity index is 262. The van der Waals surface area contributed by atoms with Gasteiger partial charge in [0.15, 0.2) is 5.96 Å². The number of hydrogen-bond donors (Lipinski definition) is 2. The molecule has 1 rings (SSSR count). The van der Waals surface area contributed by atoms with E-state index in [-0.39, 0.29) is 24.0 Å². The Kier molecular flexibility index (Phi) is 10.3. The van der Waals surface area contributed by atoms with Gasteiger partial charge in [-0.1, -0.05) is 20.3 Å². The molecule has 0 aromatic heterocycles. The van der Waals surface area contributed by atoms with Crippen molar-refractivity contribution in [1.29, 1.82) is 0 Å². The minimum atomic E-state index is 0. The Morgan fingerprint density at radius 3 is 2.42 bits per heavy atom. The van der Waals surface area contributed by atoms with Crippen molar-refractivity contribution >= 4 is 41.7 Å². The molecule has 1 aliphatic rings. The SMILES string of the molecule is CCNC(=NCC1(CC)CCC1)NCC(C)SC.I. The Balaban J connectivity index is 0.00000324. The molecule has 1 saturated carbocycles. The maximum absolute atomic E-state index is 4.77. The van der Waals surface area contributed by atoms with Crippen molar-refractivity contribution in [3.05, 3.63) is 0 Å². The first-order valence-corrected chi connectivity index (χ1v) is 8.49. The lowest BCUT2D eigenvalue weighted by Gasteiger charge is -2.40. The molecule has 0 amide bonds. The average Bonchev–Trinajstić information content (AvgIpc) is 2.34. The summed E-state index contributed by atoms with van der Waals surface area (Å²) in [6.07, 6.45) is 7.51. The second kappa shape index (κ2) is 10.1. The maximum atomic E-state index is 4.77. The number of halogens is 1. The second-order valence-corrected chi connectivity index (χ2v) is 6.61. The van der Waals surface area contributed by atoms with Crippen LogP contribution < -0.4 is 10.6 Å². The molecule has 0 bridgehead atoms. The van der Waals surface area contributed by atoms with Gasteiger partial charge in [0, 0.05) is 24.9 Å². The van der Waals surface area contributed by atoms with E-state index in [0.29, 0.717) is 10.7 Å². The Morgan fingerprint density at radius 2 is 2.00 bits per heavy atom. The third-order valence-electron chi connectivity index (χ3n) is 4.04. The summed E-state index contributed by atoms with van der Waals surface area (Å²) in [4.78, 5) is 4.77. The molecule has 0 heterocycles. The zero-order valence-corrected chi connectivity index (χ0v) is 15.9. The lowest BCUT2D eigenvalue weighted by atomic mass is 9.67. The Morgan fingerprint density at radius 1 is 1.32 bits per heavy atom. The van der Waals surface area contributed by atoms with Gasteiger partial charge in [-0.25, -0.2) is 0 Å². The minimum absolute atomic E-state index is 0. The van der Waals surface area contributed by atoms with Crippen LogP contribution in [0.5, 0.6) is 0 Å². The van der Waals surface area contributed by atoms with Crippen LogP contribution in [0.15, 0.2) is 4.99 Å². The van der Waals surface area contributed by atoms with E-state index in [1.54, 1.807) is 0 Å². The normalized spacial score (nSPS) is 19.1. The third-order valence-corrected chi connectivity index (χ3v) is 5.01. The second-order valence-electron chi connectivity index (χ2n) is 5.33. The van der Waals surface area contributed by atoms with Crippen LogP contribution in [0.25, 0.3) is 0 Å². The van der Waals surface area contributed by atoms with Gasteiger partial charge in [-0.05, 0) is 37.9 Å². The van der Waals surface area contributed by atoms with Crippen LogP contribution in [-0.4, -0.2) is 37.1 Å². The smallest absolute Gasteiger partial charge is 0.191 e. The van der Waals surface area contributed by atoms with Crippen molar-refractivity contribution < 1.29 is 0 Å². The zero-order chi connectivity index (χ0) is 13.4. The van der Waals surface area contributed by atoms with Gasteiger partial charge in [0.1, 0.15) is 0 Å². The average molecular weight is 399 g/mol. The highest BCUT2D eigenvalue weighted by Gasteiger charge is 2.34. The van der Waals surface area contributed by atoms with E-state index < -0.39 is 0 Å². The summed E-state index contributed by atoms with van der Waals surface area (Å²) in [6, 6.07) is 0. The van der Waals surface area contributed by atoms with E-state index in [1.807, 2.05) is 11.8 Å². The number of nitrogens with zero attached hydrogens (tertiary/aromatic N) is 1. The van der Waals surface area contributed by atoms with Crippen molar-refractivity contribution in [2.24, 2.45) is 10.4 Å². The first-order chi connectivity index (χ1) is 8.65. The van der Waals surface area contributed by atoms with Crippen LogP contribution >= 0.6 is 35.7 Å². The number of rotatable bonds is 7. The fraction of sp³-hybridized carbons (Fsp3) is 0.929. The molecule has 1 aliphatic carbocycles. The van der Waals surface area contributed by atoms with Gasteiger partial charge in [0.2, 0.25) is 0 Å². The van der Waals surface area contributed by atoms with Crippen LogP contribution in [0.4, 0.5) is 0 Å². The van der Waals surface area contributed by atoms with Crippen LogP contribution in [0.2, 0.25) is 0 Å². The van der Waals surface area contributed by atoms with Crippen molar-refractivity contribution in [3.8, 4) is 0 Å². The standard InChI is InChI=1S/C14H29N3S.HI/c1-5-14(8-7-9-14)11-17-13(15-6-2)16-10-12(3)18-4;/h12H,5-11H2,1-4H3,(H2,15,16,17);1H. The topological polar surface area (TPSA) is 36.4 Å². The maximum Gasteiger partial charge on any atom is 0.191 e. The summed E-state index contributed by atoms with van der Waals surface area (Å²) < 4.78 is 0. The molecule has 0 spiro atoms. The summed E-state index contributed by atoms with van der Waals surface area (Å²) in [5, 5.41) is 7.39. The summed E-state index contributed by atoms with van der Waals surface area (Å²) in [5.74, 6) is 0.984. The van der Waals surface area contributed by atoms with E-state index in [1.165, 1.54) is 25.7 Å². The van der Waals surface area contributed by atoms with E-state index in [4.69, 9.17) is 4.99 Å². The molecule has 0 aromatic carbocycles. The van der Waals surface area contributed by atoms with E-state index in [0.717, 1.165) is 25.6 Å². The summed E-state index contributed by atoms with van der Waals surface area (Å²) in [7, 11) is 0. The molecule has 0 saturated heterocycles. The number of nitrogens with one attached hydrogen (secondary N) is 2. The largest absolute Gasteiger partial charge is 0.357 e. The molecule has 0 aromatic rings. The van der Waals surface area contributed by atoms with Crippen LogP contribution in [0.3, 0.4) is 0 Å². The van der Waals surface area contributed by atoms with Gasteiger partial charge < -0.3 is 10.6 Å². The fourth-order valence-corrected chi connectivity index (χ4v) is 2.46. The van der Waals surface area contributed by atoms with E-state index >= 15 is 0 Å². The molecule has 2 N–H and O–H groups in total. The Hall–Kier alpha value is 0.350. The van der Waals surface area contributed by atoms with Crippen LogP contribution in [0.1, 0.15) is 46.5 Å². The first-order valence-electron chi connectivity index (χ1n) is 7.20. The predicted octanol–water partition coefficient (Wildman–Crippen LogP) is 3.49. The number of guanidine groups is 1. The highest BCUT2D eigenvalue weighted by molar-refractivity contribution is 14.0. The summed E-state index contributed by atoms with van der Waals surface area (Å²) in [6.45, 7) is 9.54. The van der Waals surface area contributed by atoms with E-state index in [9.17, 15) is 0 Å². The van der Waals surface area contributed by atoms with E-state index in [2.05, 4.69) is 37.7 Å². The van der Waals surface area contributed by atoms with Crippen LogP contribution in [0, 0.1) is 5.41 Å². The molecule has 1 unspecified atom stereocenters. The van der Waals surface area contributed by atoms with Crippen molar-refractivity contribution in [2.75, 3.05) is 25.9 Å².